The van der Waals surface area contributed by atoms with Crippen LogP contribution in [0, 0.1) is 6.92 Å². The molecule has 1 aliphatic heterocycles. The van der Waals surface area contributed by atoms with E-state index in [0.29, 0.717) is 17.0 Å². The number of anilines is 1. The maximum atomic E-state index is 12.5. The molecule has 1 aliphatic rings. The molecule has 4 rings (SSSR count). The topological polar surface area (TPSA) is 75.6 Å². The first-order chi connectivity index (χ1) is 13.5. The number of carbonyl (C=O) groups is 2. The van der Waals surface area contributed by atoms with Crippen LogP contribution in [0.1, 0.15) is 38.0 Å². The number of benzene rings is 2. The van der Waals surface area contributed by atoms with Crippen molar-refractivity contribution in [3.8, 4) is 16.9 Å². The summed E-state index contributed by atoms with van der Waals surface area (Å²) in [7, 11) is 1.60. The van der Waals surface area contributed by atoms with Gasteiger partial charge in [-0.2, -0.15) is 0 Å². The summed E-state index contributed by atoms with van der Waals surface area (Å²) in [5.74, 6) is -0.614. The number of methoxy groups -OCH3 is 1. The molecule has 0 unspecified atom stereocenters. The van der Waals surface area contributed by atoms with Gasteiger partial charge in [-0.05, 0) is 30.2 Å². The number of ether oxygens (including phenoxy) is 1. The van der Waals surface area contributed by atoms with Crippen LogP contribution < -0.4 is 10.1 Å². The zero-order chi connectivity index (χ0) is 19.8. The van der Waals surface area contributed by atoms with Gasteiger partial charge in [-0.25, -0.2) is 4.79 Å². The van der Waals surface area contributed by atoms with E-state index < -0.39 is 5.97 Å². The third-order valence-electron chi connectivity index (χ3n) is 4.94. The lowest BCUT2D eigenvalue weighted by Crippen LogP contribution is -2.22. The molecule has 142 valence electrons. The molecule has 1 amide bonds. The number of carbonyl (C=O) groups excluding carboxylic acids is 1. The van der Waals surface area contributed by atoms with Gasteiger partial charge >= 0.3 is 5.97 Å². The number of aromatic carboxylic acids is 1. The minimum Gasteiger partial charge on any atom is -0.497 e. The van der Waals surface area contributed by atoms with Gasteiger partial charge in [0.1, 0.15) is 10.6 Å². The van der Waals surface area contributed by atoms with Crippen molar-refractivity contribution in [2.24, 2.45) is 0 Å². The second-order valence-corrected chi connectivity index (χ2v) is 7.85. The third-order valence-corrected chi connectivity index (χ3v) is 6.23. The third kappa shape index (κ3) is 3.16. The van der Waals surface area contributed by atoms with Gasteiger partial charge in [-0.1, -0.05) is 42.0 Å². The molecule has 0 radical (unpaired) electrons. The standard InChI is InChI=1S/C22H19NO4S/c1-12-6-8-13(9-7-12)18-19-20(28-21(18)22(25)26)16(11-17(24)23-19)14-4-3-5-15(10-14)27-2/h3-10,16H,11H2,1-2H3,(H,23,24)(H,25,26)/t16-/m1/s1. The second-order valence-electron chi connectivity index (χ2n) is 6.80. The van der Waals surface area contributed by atoms with E-state index in [1.807, 2.05) is 55.5 Å². The first-order valence-corrected chi connectivity index (χ1v) is 9.70. The predicted molar refractivity (Wildman–Crippen MR) is 110 cm³/mol. The Hall–Kier alpha value is -3.12. The quantitative estimate of drug-likeness (QED) is 0.661. The maximum absolute atomic E-state index is 12.5. The number of carboxylic acid groups (broad SMARTS) is 1. The number of fused-ring (bicyclic) bond motifs is 1. The number of amides is 1. The number of hydrogen-bond donors (Lipinski definition) is 2. The zero-order valence-electron chi connectivity index (χ0n) is 15.5. The summed E-state index contributed by atoms with van der Waals surface area (Å²) < 4.78 is 5.32. The van der Waals surface area contributed by atoms with E-state index >= 15 is 0 Å². The van der Waals surface area contributed by atoms with Gasteiger partial charge in [0, 0.05) is 22.8 Å². The monoisotopic (exact) mass is 393 g/mol. The number of thiophene rings is 1. The van der Waals surface area contributed by atoms with Gasteiger partial charge in [-0.15, -0.1) is 11.3 Å². The minimum atomic E-state index is -0.992. The van der Waals surface area contributed by atoms with Crippen molar-refractivity contribution in [3.05, 3.63) is 69.4 Å². The molecule has 2 N–H and O–H groups in total. The largest absolute Gasteiger partial charge is 0.497 e. The smallest absolute Gasteiger partial charge is 0.346 e. The van der Waals surface area contributed by atoms with Crippen LogP contribution >= 0.6 is 11.3 Å². The van der Waals surface area contributed by atoms with Crippen molar-refractivity contribution in [2.45, 2.75) is 19.3 Å². The molecule has 0 spiro atoms. The molecule has 3 aromatic rings. The van der Waals surface area contributed by atoms with Crippen LogP contribution in [0.2, 0.25) is 0 Å². The summed E-state index contributed by atoms with van der Waals surface area (Å²) >= 11 is 1.23. The number of hydrogen-bond acceptors (Lipinski definition) is 4. The van der Waals surface area contributed by atoms with E-state index in [0.717, 1.165) is 21.6 Å². The molecule has 1 atom stereocenters. The molecule has 2 aromatic carbocycles. The summed E-state index contributed by atoms with van der Waals surface area (Å²) in [5, 5.41) is 12.7. The first kappa shape index (κ1) is 18.3. The fourth-order valence-corrected chi connectivity index (χ4v) is 4.81. The van der Waals surface area contributed by atoms with Crippen LogP contribution in [0.25, 0.3) is 11.1 Å². The fraction of sp³-hybridized carbons (Fsp3) is 0.182. The predicted octanol–water partition coefficient (Wildman–Crippen LogP) is 4.90. The summed E-state index contributed by atoms with van der Waals surface area (Å²) in [4.78, 5) is 25.6. The Balaban J connectivity index is 1.92. The average Bonchev–Trinajstić information content (AvgIpc) is 3.07. The van der Waals surface area contributed by atoms with Crippen molar-refractivity contribution < 1.29 is 19.4 Å². The van der Waals surface area contributed by atoms with Crippen LogP contribution in [-0.2, 0) is 4.79 Å². The molecular weight excluding hydrogens is 374 g/mol. The van der Waals surface area contributed by atoms with Crippen molar-refractivity contribution in [1.82, 2.24) is 0 Å². The van der Waals surface area contributed by atoms with E-state index in [1.165, 1.54) is 11.3 Å². The molecule has 28 heavy (non-hydrogen) atoms. The lowest BCUT2D eigenvalue weighted by atomic mass is 9.88. The SMILES string of the molecule is COc1cccc([C@H]2CC(=O)Nc3c2sc(C(=O)O)c3-c2ccc(C)cc2)c1. The van der Waals surface area contributed by atoms with Gasteiger partial charge in [0.15, 0.2) is 0 Å². The molecule has 0 aliphatic carbocycles. The van der Waals surface area contributed by atoms with Crippen molar-refractivity contribution in [2.75, 3.05) is 12.4 Å². The van der Waals surface area contributed by atoms with Crippen LogP contribution in [0.15, 0.2) is 48.5 Å². The number of aryl methyl sites for hydroxylation is 1. The van der Waals surface area contributed by atoms with Crippen LogP contribution in [0.5, 0.6) is 5.75 Å². The molecule has 5 nitrogen and oxygen atoms in total. The minimum absolute atomic E-state index is 0.122. The van der Waals surface area contributed by atoms with Gasteiger partial charge in [0.2, 0.25) is 5.91 Å². The summed E-state index contributed by atoms with van der Waals surface area (Å²) in [6, 6.07) is 15.2. The Morgan fingerprint density at radius 2 is 1.96 bits per heavy atom. The van der Waals surface area contributed by atoms with Gasteiger partial charge < -0.3 is 15.2 Å². The second kappa shape index (κ2) is 7.13. The van der Waals surface area contributed by atoms with Crippen LogP contribution in [0.3, 0.4) is 0 Å². The Morgan fingerprint density at radius 1 is 1.21 bits per heavy atom. The first-order valence-electron chi connectivity index (χ1n) is 8.88. The zero-order valence-corrected chi connectivity index (χ0v) is 16.3. The molecule has 0 fully saturated rings. The highest BCUT2D eigenvalue weighted by Crippen LogP contribution is 2.49. The summed E-state index contributed by atoms with van der Waals surface area (Å²) in [6.07, 6.45) is 0.271. The van der Waals surface area contributed by atoms with E-state index in [-0.39, 0.29) is 23.1 Å². The Labute approximate surface area is 166 Å². The molecule has 0 saturated heterocycles. The highest BCUT2D eigenvalue weighted by molar-refractivity contribution is 7.15. The highest BCUT2D eigenvalue weighted by Gasteiger charge is 2.34. The van der Waals surface area contributed by atoms with Crippen molar-refractivity contribution in [1.29, 1.82) is 0 Å². The maximum Gasteiger partial charge on any atom is 0.346 e. The Kier molecular flexibility index (Phi) is 4.65. The lowest BCUT2D eigenvalue weighted by Gasteiger charge is -2.24. The van der Waals surface area contributed by atoms with E-state index in [4.69, 9.17) is 4.74 Å². The van der Waals surface area contributed by atoms with E-state index in [2.05, 4.69) is 5.32 Å². The molecule has 1 aromatic heterocycles. The fourth-order valence-electron chi connectivity index (χ4n) is 3.56. The molecule has 2 heterocycles. The molecule has 0 saturated carbocycles. The summed E-state index contributed by atoms with van der Waals surface area (Å²) in [6.45, 7) is 1.98. The number of rotatable bonds is 4. The van der Waals surface area contributed by atoms with Gasteiger partial charge in [0.25, 0.3) is 0 Å². The molecule has 6 heteroatoms. The highest BCUT2D eigenvalue weighted by atomic mass is 32.1. The molecule has 0 bridgehead atoms. The van der Waals surface area contributed by atoms with E-state index in [9.17, 15) is 14.7 Å². The van der Waals surface area contributed by atoms with E-state index in [1.54, 1.807) is 7.11 Å². The van der Waals surface area contributed by atoms with Crippen molar-refractivity contribution >= 4 is 28.9 Å². The molecular formula is C22H19NO4S. The van der Waals surface area contributed by atoms with Crippen molar-refractivity contribution in [3.63, 3.8) is 0 Å². The summed E-state index contributed by atoms with van der Waals surface area (Å²) in [5.41, 5.74) is 3.99. The average molecular weight is 393 g/mol. The number of nitrogens with one attached hydrogen (secondary N) is 1. The van der Waals surface area contributed by atoms with Gasteiger partial charge in [0.05, 0.1) is 12.8 Å². The normalized spacial score (nSPS) is 15.6. The van der Waals surface area contributed by atoms with Crippen LogP contribution in [-0.4, -0.2) is 24.1 Å². The Morgan fingerprint density at radius 3 is 2.64 bits per heavy atom. The van der Waals surface area contributed by atoms with Crippen LogP contribution in [0.4, 0.5) is 5.69 Å². The Bertz CT molecular complexity index is 1070. The van der Waals surface area contributed by atoms with Gasteiger partial charge in [-0.3, -0.25) is 4.79 Å². The number of carboxylic acids is 1. The lowest BCUT2D eigenvalue weighted by molar-refractivity contribution is -0.116.